The van der Waals surface area contributed by atoms with Crippen LogP contribution in [-0.4, -0.2) is 152 Å². The third-order valence-electron chi connectivity index (χ3n) is 14.0. The number of nitrogens with zero attached hydrogens (tertiary/aromatic N) is 8. The molecule has 3 amide bonds. The lowest BCUT2D eigenvalue weighted by atomic mass is 9.91. The number of furan rings is 1. The van der Waals surface area contributed by atoms with Gasteiger partial charge in [0, 0.05) is 76.2 Å². The average Bonchev–Trinajstić information content (AvgIpc) is 4.27. The summed E-state index contributed by atoms with van der Waals surface area (Å²) >= 11 is 3.47. The van der Waals surface area contributed by atoms with Gasteiger partial charge in [-0.25, -0.2) is 22.8 Å². The van der Waals surface area contributed by atoms with Crippen LogP contribution in [0.4, 0.5) is 26.2 Å². The number of fused-ring (bicyclic) bond motifs is 2. The maximum absolute atomic E-state index is 15.5. The smallest absolute Gasteiger partial charge is 0.273 e. The first kappa shape index (κ1) is 55.3. The predicted octanol–water partition coefficient (Wildman–Crippen LogP) is 7.44. The van der Waals surface area contributed by atoms with Crippen molar-refractivity contribution in [3.8, 4) is 5.88 Å². The number of likely N-dealkylation sites (tertiary alicyclic amines) is 1. The molecule has 0 bridgehead atoms. The van der Waals surface area contributed by atoms with E-state index in [9.17, 15) is 22.8 Å². The standard InChI is InChI=1S/C51H67FN12O8S4/c1-61(2)22-23-64(76(68,69)45-10-7-29-73-45)37-31-39(52)46-41(32-37)74-51(57-46)58-48(67)34-15-19-62(20-16-34)21-18-53-42(65)8-5-3-4-6-9-43(66)54-33-35-30-44(75-60-35)56-50-55-40-17-26-71-47(40)49(59-50)72-38-13-11-36(12-14-38)63-24-27-70-28-25-63/h7,10,17,26,29-32,34,36,38H,3-6,8-9,11-16,18-25,27-28,33H2,1-2H3,(H,53,65)(H,54,66)(H,55,56,59)(H,57,58,67). The Labute approximate surface area is 454 Å². The number of amides is 3. The lowest BCUT2D eigenvalue weighted by Gasteiger charge is -2.38. The molecule has 1 aliphatic carbocycles. The number of piperidine rings is 1. The van der Waals surface area contributed by atoms with Crippen LogP contribution in [0.15, 0.2) is 56.7 Å². The Morgan fingerprint density at radius 3 is 2.39 bits per heavy atom. The molecule has 0 radical (unpaired) electrons. The van der Waals surface area contributed by atoms with Gasteiger partial charge in [-0.05, 0) is 114 Å². The minimum absolute atomic E-state index is 0.00583. The zero-order valence-electron chi connectivity index (χ0n) is 43.0. The molecular formula is C51H67FN12O8S4. The second kappa shape index (κ2) is 26.3. The van der Waals surface area contributed by atoms with Crippen molar-refractivity contribution in [2.45, 2.75) is 99.9 Å². The number of unbranched alkanes of at least 4 members (excludes halogenated alkanes) is 3. The van der Waals surface area contributed by atoms with E-state index in [2.05, 4.69) is 50.4 Å². The van der Waals surface area contributed by atoms with Gasteiger partial charge in [0.15, 0.2) is 10.9 Å². The maximum Gasteiger partial charge on any atom is 0.273 e. The van der Waals surface area contributed by atoms with E-state index in [0.717, 1.165) is 111 Å². The highest BCUT2D eigenvalue weighted by atomic mass is 32.2. The first-order chi connectivity index (χ1) is 36.8. The van der Waals surface area contributed by atoms with E-state index >= 15 is 4.39 Å². The van der Waals surface area contributed by atoms with E-state index in [1.165, 1.54) is 28.0 Å². The number of hydrogen-bond donors (Lipinski definition) is 4. The van der Waals surface area contributed by atoms with Gasteiger partial charge in [0.2, 0.25) is 29.3 Å². The van der Waals surface area contributed by atoms with E-state index in [-0.39, 0.29) is 56.8 Å². The minimum atomic E-state index is -3.93. The number of benzene rings is 1. The molecule has 3 aliphatic rings. The summed E-state index contributed by atoms with van der Waals surface area (Å²) in [6.45, 7) is 7.00. The van der Waals surface area contributed by atoms with Crippen molar-refractivity contribution in [3.05, 3.63) is 59.6 Å². The van der Waals surface area contributed by atoms with E-state index in [4.69, 9.17) is 13.9 Å². The van der Waals surface area contributed by atoms with E-state index in [1.807, 2.05) is 25.1 Å². The third kappa shape index (κ3) is 14.8. The molecule has 0 atom stereocenters. The summed E-state index contributed by atoms with van der Waals surface area (Å²) in [5.41, 5.74) is 2.17. The third-order valence-corrected chi connectivity index (χ3v) is 18.9. The number of carbonyl (C=O) groups is 3. The number of rotatable bonds is 25. The largest absolute Gasteiger partial charge is 0.472 e. The fraction of sp³-hybridized carbons (Fsp3) is 0.549. The highest BCUT2D eigenvalue weighted by Crippen LogP contribution is 2.36. The molecule has 410 valence electrons. The average molecular weight is 1120 g/mol. The van der Waals surface area contributed by atoms with Gasteiger partial charge >= 0.3 is 0 Å². The van der Waals surface area contributed by atoms with Gasteiger partial charge in [0.05, 0.1) is 42.1 Å². The summed E-state index contributed by atoms with van der Waals surface area (Å²) in [6.07, 6.45) is 10.9. The van der Waals surface area contributed by atoms with Crippen LogP contribution in [0.25, 0.3) is 21.3 Å². The van der Waals surface area contributed by atoms with Gasteiger partial charge in [0.1, 0.15) is 26.3 Å². The fourth-order valence-corrected chi connectivity index (χ4v) is 13.9. The molecule has 25 heteroatoms. The van der Waals surface area contributed by atoms with Gasteiger partial charge in [-0.1, -0.05) is 30.2 Å². The van der Waals surface area contributed by atoms with Crippen LogP contribution in [0.2, 0.25) is 0 Å². The number of likely N-dealkylation sites (N-methyl/N-ethyl adjacent to an activating group) is 1. The monoisotopic (exact) mass is 1120 g/mol. The van der Waals surface area contributed by atoms with Crippen LogP contribution in [0.3, 0.4) is 0 Å². The molecule has 0 spiro atoms. The van der Waals surface area contributed by atoms with Crippen LogP contribution in [0, 0.1) is 11.7 Å². The Kier molecular flexibility index (Phi) is 19.1. The van der Waals surface area contributed by atoms with Crippen molar-refractivity contribution < 1.29 is 41.1 Å². The highest BCUT2D eigenvalue weighted by Gasteiger charge is 2.31. The second-order valence-corrected chi connectivity index (χ2v) is 24.6. The summed E-state index contributed by atoms with van der Waals surface area (Å²) in [5, 5.41) is 14.8. The van der Waals surface area contributed by atoms with Crippen molar-refractivity contribution in [1.29, 1.82) is 0 Å². The van der Waals surface area contributed by atoms with Crippen molar-refractivity contribution in [3.63, 3.8) is 0 Å². The van der Waals surface area contributed by atoms with Crippen molar-refractivity contribution in [2.75, 3.05) is 94.6 Å². The zero-order chi connectivity index (χ0) is 53.0. The summed E-state index contributed by atoms with van der Waals surface area (Å²) < 4.78 is 66.7. The number of thiazole rings is 1. The molecule has 20 nitrogen and oxygen atoms in total. The van der Waals surface area contributed by atoms with Gasteiger partial charge in [-0.15, -0.1) is 11.3 Å². The lowest BCUT2D eigenvalue weighted by molar-refractivity contribution is -0.122. The second-order valence-electron chi connectivity index (χ2n) is 19.7. The van der Waals surface area contributed by atoms with Gasteiger partial charge in [0.25, 0.3) is 15.9 Å². The summed E-state index contributed by atoms with van der Waals surface area (Å²) in [4.78, 5) is 58.8. The van der Waals surface area contributed by atoms with Gasteiger partial charge in [-0.2, -0.15) is 9.36 Å². The molecule has 0 unspecified atom stereocenters. The molecule has 1 saturated carbocycles. The summed E-state index contributed by atoms with van der Waals surface area (Å²) in [5.74, 6) is -0.357. The van der Waals surface area contributed by atoms with Crippen LogP contribution in [-0.2, 0) is 35.7 Å². The zero-order valence-corrected chi connectivity index (χ0v) is 46.2. The minimum Gasteiger partial charge on any atom is -0.472 e. The molecule has 2 aliphatic heterocycles. The number of ether oxygens (including phenoxy) is 2. The fourth-order valence-electron chi connectivity index (χ4n) is 9.81. The molecule has 9 rings (SSSR count). The Bertz CT molecular complexity index is 2990. The Balaban J connectivity index is 0.620. The number of halogens is 1. The number of carbonyl (C=O) groups excluding carboxylic acids is 3. The summed E-state index contributed by atoms with van der Waals surface area (Å²) in [6, 6.07) is 10.2. The SMILES string of the molecule is CN(C)CCN(c1cc(F)c2nc(NC(=O)C3CCN(CCNC(=O)CCCCCCC(=O)NCc4cc(Nc5nc(OC6CCC(N7CCOCC7)CC6)c6occc6n5)sn4)CC3)sc2c1)S(=O)(=O)c1cccs1. The molecule has 7 heterocycles. The normalized spacial score (nSPS) is 18.1. The first-order valence-corrected chi connectivity index (χ1v) is 30.1. The number of hydrogen-bond acceptors (Lipinski definition) is 19. The first-order valence-electron chi connectivity index (χ1n) is 26.2. The van der Waals surface area contributed by atoms with Crippen LogP contribution < -0.4 is 30.3 Å². The van der Waals surface area contributed by atoms with E-state index in [1.54, 1.807) is 29.8 Å². The molecule has 76 heavy (non-hydrogen) atoms. The number of morpholine rings is 1. The Morgan fingerprint density at radius 1 is 0.895 bits per heavy atom. The number of thiophene rings is 1. The Hall–Kier alpha value is -5.41. The molecule has 1 aromatic carbocycles. The maximum atomic E-state index is 15.5. The van der Waals surface area contributed by atoms with Crippen LogP contribution in [0.1, 0.15) is 82.7 Å². The molecule has 6 aromatic rings. The quantitative estimate of drug-likeness (QED) is 0.0408. The van der Waals surface area contributed by atoms with Gasteiger partial charge in [-0.3, -0.25) is 23.6 Å². The van der Waals surface area contributed by atoms with Crippen molar-refractivity contribution >= 4 is 105 Å². The van der Waals surface area contributed by atoms with Crippen molar-refractivity contribution in [1.82, 2.24) is 44.7 Å². The number of anilines is 4. The predicted molar refractivity (Wildman–Crippen MR) is 294 cm³/mol. The van der Waals surface area contributed by atoms with Crippen LogP contribution >= 0.6 is 34.2 Å². The topological polar surface area (TPSA) is 230 Å². The number of aromatic nitrogens is 4. The number of sulfonamides is 1. The highest BCUT2D eigenvalue weighted by molar-refractivity contribution is 7.94. The Morgan fingerprint density at radius 2 is 1.66 bits per heavy atom. The lowest BCUT2D eigenvalue weighted by Crippen LogP contribution is -2.46. The molecule has 2 saturated heterocycles. The molecule has 4 N–H and O–H groups in total. The molecular weight excluding hydrogens is 1060 g/mol. The number of nitrogens with one attached hydrogen (secondary N) is 4. The summed E-state index contributed by atoms with van der Waals surface area (Å²) in [7, 11) is -0.254. The molecule has 3 fully saturated rings. The van der Waals surface area contributed by atoms with Crippen molar-refractivity contribution in [2.24, 2.45) is 5.92 Å². The van der Waals surface area contributed by atoms with Crippen LogP contribution in [0.5, 0.6) is 5.88 Å². The van der Waals surface area contributed by atoms with Gasteiger partial charge < -0.3 is 45.0 Å². The molecule has 5 aromatic heterocycles. The van der Waals surface area contributed by atoms with E-state index < -0.39 is 15.8 Å². The van der Waals surface area contributed by atoms with E-state index in [0.29, 0.717) is 98.6 Å².